The van der Waals surface area contributed by atoms with Crippen LogP contribution < -0.4 is 5.43 Å². The smallest absolute Gasteiger partial charge is 0.338 e. The lowest BCUT2D eigenvalue weighted by molar-refractivity contribution is 0.0696. The first-order valence-electron chi connectivity index (χ1n) is 6.37. The number of aromatic carboxylic acids is 1. The highest BCUT2D eigenvalue weighted by atomic mass is 16.4. The molecular formula is C16H12N2O3. The van der Waals surface area contributed by atoms with Crippen LogP contribution in [0, 0.1) is 6.92 Å². The van der Waals surface area contributed by atoms with Gasteiger partial charge in [-0.25, -0.2) is 4.79 Å². The Morgan fingerprint density at radius 3 is 2.76 bits per heavy atom. The Kier molecular flexibility index (Phi) is 3.02. The van der Waals surface area contributed by atoms with E-state index in [1.165, 1.54) is 12.1 Å². The summed E-state index contributed by atoms with van der Waals surface area (Å²) in [5.74, 6) is -1.05. The Morgan fingerprint density at radius 2 is 2.10 bits per heavy atom. The first-order chi connectivity index (χ1) is 10.1. The van der Waals surface area contributed by atoms with E-state index < -0.39 is 5.97 Å². The van der Waals surface area contributed by atoms with Crippen molar-refractivity contribution < 1.29 is 9.90 Å². The highest BCUT2D eigenvalue weighted by molar-refractivity contribution is 5.97. The van der Waals surface area contributed by atoms with E-state index in [1.54, 1.807) is 36.0 Å². The van der Waals surface area contributed by atoms with E-state index in [0.29, 0.717) is 16.8 Å². The summed E-state index contributed by atoms with van der Waals surface area (Å²) in [5, 5.41) is 9.49. The number of benzene rings is 1. The third kappa shape index (κ3) is 2.18. The molecule has 0 fully saturated rings. The van der Waals surface area contributed by atoms with Gasteiger partial charge in [0.05, 0.1) is 17.4 Å². The maximum Gasteiger partial charge on any atom is 0.338 e. The zero-order valence-corrected chi connectivity index (χ0v) is 11.3. The van der Waals surface area contributed by atoms with Gasteiger partial charge < -0.3 is 9.67 Å². The van der Waals surface area contributed by atoms with Crippen molar-refractivity contribution in [3.05, 3.63) is 70.4 Å². The first-order valence-corrected chi connectivity index (χ1v) is 6.37. The Balaban J connectivity index is 2.41. The number of aromatic nitrogens is 2. The topological polar surface area (TPSA) is 72.2 Å². The summed E-state index contributed by atoms with van der Waals surface area (Å²) in [7, 11) is 0. The van der Waals surface area contributed by atoms with Crippen LogP contribution in [0.3, 0.4) is 0 Å². The number of rotatable bonds is 2. The Hall–Kier alpha value is -2.95. The second-order valence-electron chi connectivity index (χ2n) is 4.72. The summed E-state index contributed by atoms with van der Waals surface area (Å²) in [6.07, 6.45) is 5.13. The van der Waals surface area contributed by atoms with Gasteiger partial charge in [-0.2, -0.15) is 0 Å². The molecule has 2 heterocycles. The van der Waals surface area contributed by atoms with E-state index in [-0.39, 0.29) is 11.0 Å². The molecule has 0 saturated heterocycles. The van der Waals surface area contributed by atoms with Gasteiger partial charge in [0.2, 0.25) is 0 Å². The number of hydrogen-bond donors (Lipinski definition) is 1. The van der Waals surface area contributed by atoms with E-state index in [0.717, 1.165) is 5.69 Å². The normalized spacial score (nSPS) is 10.7. The molecule has 0 amide bonds. The molecule has 104 valence electrons. The third-order valence-electron chi connectivity index (χ3n) is 3.42. The monoisotopic (exact) mass is 280 g/mol. The standard InChI is InChI=1S/C16H12N2O3/c1-10-15(16(20)21)14-7-13(19)5-4-11(14)9-18(10)12-3-2-6-17-8-12/h2-9H,1H3,(H,20,21). The fraction of sp³-hybridized carbons (Fsp3) is 0.0625. The molecule has 1 N–H and O–H groups in total. The van der Waals surface area contributed by atoms with Crippen molar-refractivity contribution in [1.29, 1.82) is 0 Å². The molecule has 0 bridgehead atoms. The van der Waals surface area contributed by atoms with Crippen LogP contribution in [0.5, 0.6) is 0 Å². The van der Waals surface area contributed by atoms with Crippen molar-refractivity contribution >= 4 is 5.97 Å². The quantitative estimate of drug-likeness (QED) is 0.782. The minimum Gasteiger partial charge on any atom is -0.478 e. The number of fused-ring (bicyclic) bond motifs is 1. The second kappa shape index (κ2) is 4.86. The number of nitrogens with zero attached hydrogens (tertiary/aromatic N) is 2. The molecule has 5 heteroatoms. The van der Waals surface area contributed by atoms with Crippen LogP contribution in [0.2, 0.25) is 0 Å². The summed E-state index contributed by atoms with van der Waals surface area (Å²) >= 11 is 0. The van der Waals surface area contributed by atoms with Gasteiger partial charge in [-0.3, -0.25) is 9.78 Å². The van der Waals surface area contributed by atoms with Crippen molar-refractivity contribution in [3.8, 4) is 16.8 Å². The van der Waals surface area contributed by atoms with Crippen molar-refractivity contribution in [2.45, 2.75) is 6.92 Å². The van der Waals surface area contributed by atoms with Crippen molar-refractivity contribution in [2.75, 3.05) is 0 Å². The molecule has 21 heavy (non-hydrogen) atoms. The van der Waals surface area contributed by atoms with Crippen LogP contribution in [0.4, 0.5) is 0 Å². The van der Waals surface area contributed by atoms with Gasteiger partial charge in [0.15, 0.2) is 5.43 Å². The van der Waals surface area contributed by atoms with Crippen molar-refractivity contribution in [3.63, 3.8) is 0 Å². The molecule has 1 aromatic heterocycles. The minimum absolute atomic E-state index is 0.133. The van der Waals surface area contributed by atoms with E-state index >= 15 is 0 Å². The van der Waals surface area contributed by atoms with Gasteiger partial charge in [0, 0.05) is 23.7 Å². The van der Waals surface area contributed by atoms with E-state index in [1.807, 2.05) is 12.3 Å². The summed E-state index contributed by atoms with van der Waals surface area (Å²) in [5.41, 5.74) is 2.39. The van der Waals surface area contributed by atoms with Crippen molar-refractivity contribution in [1.82, 2.24) is 9.55 Å². The maximum absolute atomic E-state index is 11.6. The van der Waals surface area contributed by atoms with Crippen LogP contribution in [-0.4, -0.2) is 20.6 Å². The SMILES string of the molecule is Cc1c(C(=O)O)c2cc(=O)ccc-2cn1-c1cccnc1. The van der Waals surface area contributed by atoms with Gasteiger partial charge in [-0.05, 0) is 42.8 Å². The zero-order chi connectivity index (χ0) is 15.0. The molecule has 1 aliphatic heterocycles. The predicted octanol–water partition coefficient (Wildman–Crippen LogP) is 2.34. The predicted molar refractivity (Wildman–Crippen MR) is 78.2 cm³/mol. The van der Waals surface area contributed by atoms with Crippen LogP contribution in [0.1, 0.15) is 16.1 Å². The van der Waals surface area contributed by atoms with Gasteiger partial charge >= 0.3 is 5.97 Å². The van der Waals surface area contributed by atoms with Crippen LogP contribution >= 0.6 is 0 Å². The fourth-order valence-corrected chi connectivity index (χ4v) is 2.45. The Morgan fingerprint density at radius 1 is 1.29 bits per heavy atom. The molecule has 1 aromatic rings. The maximum atomic E-state index is 11.6. The number of pyridine rings is 2. The molecule has 0 spiro atoms. The Bertz CT molecular complexity index is 853. The number of hydrogen-bond acceptors (Lipinski definition) is 3. The largest absolute Gasteiger partial charge is 0.478 e. The summed E-state index contributed by atoms with van der Waals surface area (Å²) in [6, 6.07) is 8.05. The fourth-order valence-electron chi connectivity index (χ4n) is 2.45. The zero-order valence-electron chi connectivity index (χ0n) is 11.3. The van der Waals surface area contributed by atoms with Gasteiger partial charge in [-0.15, -0.1) is 0 Å². The highest BCUT2D eigenvalue weighted by Crippen LogP contribution is 2.28. The molecular weight excluding hydrogens is 268 g/mol. The number of carbonyl (C=O) groups is 1. The lowest BCUT2D eigenvalue weighted by atomic mass is 9.97. The molecule has 0 unspecified atom stereocenters. The average molecular weight is 280 g/mol. The van der Waals surface area contributed by atoms with E-state index in [2.05, 4.69) is 4.98 Å². The summed E-state index contributed by atoms with van der Waals surface area (Å²) in [4.78, 5) is 27.2. The van der Waals surface area contributed by atoms with Crippen LogP contribution in [0.25, 0.3) is 16.8 Å². The van der Waals surface area contributed by atoms with Gasteiger partial charge in [0.25, 0.3) is 0 Å². The minimum atomic E-state index is -1.05. The van der Waals surface area contributed by atoms with Crippen molar-refractivity contribution in [2.24, 2.45) is 0 Å². The summed E-state index contributed by atoms with van der Waals surface area (Å²) < 4.78 is 1.77. The molecule has 1 aliphatic carbocycles. The van der Waals surface area contributed by atoms with E-state index in [9.17, 15) is 14.7 Å². The Labute approximate surface area is 120 Å². The van der Waals surface area contributed by atoms with Crippen LogP contribution in [0.15, 0.2) is 53.7 Å². The lowest BCUT2D eigenvalue weighted by Crippen LogP contribution is -2.13. The lowest BCUT2D eigenvalue weighted by Gasteiger charge is -2.18. The van der Waals surface area contributed by atoms with E-state index in [4.69, 9.17) is 0 Å². The number of carboxylic acid groups (broad SMARTS) is 1. The third-order valence-corrected chi connectivity index (χ3v) is 3.42. The summed E-state index contributed by atoms with van der Waals surface area (Å²) in [6.45, 7) is 1.72. The molecule has 3 rings (SSSR count). The number of carboxylic acids is 1. The van der Waals surface area contributed by atoms with Gasteiger partial charge in [0.1, 0.15) is 0 Å². The second-order valence-corrected chi connectivity index (χ2v) is 4.72. The molecule has 5 nitrogen and oxygen atoms in total. The first kappa shape index (κ1) is 13.1. The molecule has 0 radical (unpaired) electrons. The van der Waals surface area contributed by atoms with Gasteiger partial charge in [-0.1, -0.05) is 0 Å². The molecule has 0 aromatic carbocycles. The molecule has 0 saturated carbocycles. The highest BCUT2D eigenvalue weighted by Gasteiger charge is 2.20. The molecule has 2 aliphatic rings. The van der Waals surface area contributed by atoms with Crippen LogP contribution in [-0.2, 0) is 0 Å². The average Bonchev–Trinajstić information content (AvgIpc) is 2.47. The molecule has 0 atom stereocenters.